The van der Waals surface area contributed by atoms with Crippen LogP contribution in [-0.4, -0.2) is 37.7 Å². The zero-order valence-electron chi connectivity index (χ0n) is 13.7. The third-order valence-electron chi connectivity index (χ3n) is 4.19. The highest BCUT2D eigenvalue weighted by atomic mass is 19.1. The van der Waals surface area contributed by atoms with E-state index in [1.165, 1.54) is 6.07 Å². The molecule has 2 N–H and O–H groups in total. The molecule has 0 fully saturated rings. The zero-order valence-corrected chi connectivity index (χ0v) is 13.7. The molecule has 0 spiro atoms. The number of aryl methyl sites for hydroxylation is 1. The molecule has 4 heteroatoms. The Morgan fingerprint density at radius 1 is 1.29 bits per heavy atom. The van der Waals surface area contributed by atoms with Crippen molar-refractivity contribution in [3.8, 4) is 0 Å². The van der Waals surface area contributed by atoms with Crippen LogP contribution in [0.2, 0.25) is 0 Å². The van der Waals surface area contributed by atoms with E-state index in [0.717, 1.165) is 30.5 Å². The molecule has 0 aliphatic heterocycles. The molecular formula is C17H29FN2O. The molecule has 0 aromatic heterocycles. The van der Waals surface area contributed by atoms with E-state index in [1.807, 2.05) is 13.0 Å². The van der Waals surface area contributed by atoms with Crippen LogP contribution in [0.4, 0.5) is 4.39 Å². The summed E-state index contributed by atoms with van der Waals surface area (Å²) in [6, 6.07) is 5.41. The molecule has 1 rings (SSSR count). The summed E-state index contributed by atoms with van der Waals surface area (Å²) in [5.41, 5.74) is 8.11. The molecular weight excluding hydrogens is 267 g/mol. The molecule has 1 atom stereocenters. The highest BCUT2D eigenvalue weighted by Crippen LogP contribution is 2.27. The van der Waals surface area contributed by atoms with Crippen molar-refractivity contribution in [2.45, 2.75) is 45.7 Å². The summed E-state index contributed by atoms with van der Waals surface area (Å²) < 4.78 is 18.9. The monoisotopic (exact) mass is 296 g/mol. The Balaban J connectivity index is 3.12. The molecule has 21 heavy (non-hydrogen) atoms. The number of benzene rings is 1. The normalized spacial score (nSPS) is 13.1. The smallest absolute Gasteiger partial charge is 0.123 e. The molecule has 3 nitrogen and oxygen atoms in total. The van der Waals surface area contributed by atoms with Crippen molar-refractivity contribution in [3.05, 3.63) is 35.1 Å². The first kappa shape index (κ1) is 18.1. The average Bonchev–Trinajstić information content (AvgIpc) is 2.49. The van der Waals surface area contributed by atoms with Crippen LogP contribution in [-0.2, 0) is 4.74 Å². The van der Waals surface area contributed by atoms with E-state index in [0.29, 0.717) is 19.2 Å². The largest absolute Gasteiger partial charge is 0.383 e. The average molecular weight is 296 g/mol. The Kier molecular flexibility index (Phi) is 7.86. The quantitative estimate of drug-likeness (QED) is 0.760. The van der Waals surface area contributed by atoms with E-state index in [-0.39, 0.29) is 11.9 Å². The summed E-state index contributed by atoms with van der Waals surface area (Å²) in [6.45, 7) is 8.31. The number of nitrogens with zero attached hydrogens (tertiary/aromatic N) is 1. The van der Waals surface area contributed by atoms with Gasteiger partial charge in [0.2, 0.25) is 0 Å². The Hall–Kier alpha value is -0.970. The maximum atomic E-state index is 13.6. The van der Waals surface area contributed by atoms with E-state index in [4.69, 9.17) is 10.5 Å². The van der Waals surface area contributed by atoms with Gasteiger partial charge in [-0.2, -0.15) is 0 Å². The number of halogens is 1. The van der Waals surface area contributed by atoms with Crippen molar-refractivity contribution in [2.75, 3.05) is 26.8 Å². The molecule has 1 aromatic carbocycles. The minimum Gasteiger partial charge on any atom is -0.383 e. The van der Waals surface area contributed by atoms with Crippen LogP contribution >= 0.6 is 0 Å². The van der Waals surface area contributed by atoms with E-state index in [1.54, 1.807) is 13.2 Å². The Labute approximate surface area is 128 Å². The van der Waals surface area contributed by atoms with Gasteiger partial charge in [0, 0.05) is 32.3 Å². The molecule has 120 valence electrons. The number of hydrogen-bond acceptors (Lipinski definition) is 3. The van der Waals surface area contributed by atoms with Gasteiger partial charge in [-0.05, 0) is 43.0 Å². The molecule has 1 aromatic rings. The van der Waals surface area contributed by atoms with Gasteiger partial charge < -0.3 is 10.5 Å². The lowest BCUT2D eigenvalue weighted by Gasteiger charge is -2.37. The van der Waals surface area contributed by atoms with Gasteiger partial charge in [-0.25, -0.2) is 4.39 Å². The second-order valence-electron chi connectivity index (χ2n) is 5.45. The first-order valence-corrected chi connectivity index (χ1v) is 7.79. The Morgan fingerprint density at radius 3 is 2.48 bits per heavy atom. The third kappa shape index (κ3) is 4.77. The minimum atomic E-state index is -0.203. The van der Waals surface area contributed by atoms with Gasteiger partial charge in [-0.3, -0.25) is 4.90 Å². The summed E-state index contributed by atoms with van der Waals surface area (Å²) in [6.07, 6.45) is 2.09. The number of nitrogens with two attached hydrogens (primary N) is 1. The first-order chi connectivity index (χ1) is 10.1. The summed E-state index contributed by atoms with van der Waals surface area (Å²) >= 11 is 0. The predicted molar refractivity (Wildman–Crippen MR) is 85.9 cm³/mol. The van der Waals surface area contributed by atoms with Crippen LogP contribution in [0.25, 0.3) is 0 Å². The summed E-state index contributed by atoms with van der Waals surface area (Å²) in [5.74, 6) is -0.203. The van der Waals surface area contributed by atoms with Crippen LogP contribution < -0.4 is 5.73 Å². The van der Waals surface area contributed by atoms with Gasteiger partial charge in [0.25, 0.3) is 0 Å². The molecule has 0 aliphatic rings. The molecule has 0 radical (unpaired) electrons. The molecule has 0 aliphatic carbocycles. The predicted octanol–water partition coefficient (Wildman–Crippen LogP) is 3.27. The molecule has 0 saturated carbocycles. The van der Waals surface area contributed by atoms with Crippen molar-refractivity contribution in [1.29, 1.82) is 0 Å². The SMILES string of the molecule is CCC(CC)N(CCOC)C(CN)c1cc(F)ccc1C. The van der Waals surface area contributed by atoms with Crippen LogP contribution in [0.1, 0.15) is 43.9 Å². The fraction of sp³-hybridized carbons (Fsp3) is 0.647. The lowest BCUT2D eigenvalue weighted by molar-refractivity contribution is 0.0814. The second-order valence-corrected chi connectivity index (χ2v) is 5.45. The fourth-order valence-electron chi connectivity index (χ4n) is 2.96. The molecule has 0 heterocycles. The number of ether oxygens (including phenoxy) is 1. The number of rotatable bonds is 9. The van der Waals surface area contributed by atoms with Gasteiger partial charge in [0.15, 0.2) is 0 Å². The van der Waals surface area contributed by atoms with E-state index >= 15 is 0 Å². The third-order valence-corrected chi connectivity index (χ3v) is 4.19. The van der Waals surface area contributed by atoms with Gasteiger partial charge in [-0.1, -0.05) is 19.9 Å². The number of hydrogen-bond donors (Lipinski definition) is 1. The van der Waals surface area contributed by atoms with Crippen LogP contribution in [0.3, 0.4) is 0 Å². The van der Waals surface area contributed by atoms with Gasteiger partial charge >= 0.3 is 0 Å². The molecule has 1 unspecified atom stereocenters. The minimum absolute atomic E-state index is 0.0285. The summed E-state index contributed by atoms with van der Waals surface area (Å²) in [7, 11) is 1.70. The van der Waals surface area contributed by atoms with Gasteiger partial charge in [0.1, 0.15) is 5.82 Å². The highest BCUT2D eigenvalue weighted by Gasteiger charge is 2.25. The van der Waals surface area contributed by atoms with E-state index in [2.05, 4.69) is 18.7 Å². The lowest BCUT2D eigenvalue weighted by Crippen LogP contribution is -2.43. The summed E-state index contributed by atoms with van der Waals surface area (Å²) in [4.78, 5) is 2.37. The summed E-state index contributed by atoms with van der Waals surface area (Å²) in [5, 5.41) is 0. The van der Waals surface area contributed by atoms with Gasteiger partial charge in [-0.15, -0.1) is 0 Å². The molecule has 0 bridgehead atoms. The molecule has 0 saturated heterocycles. The van der Waals surface area contributed by atoms with Crippen molar-refractivity contribution >= 4 is 0 Å². The van der Waals surface area contributed by atoms with Crippen LogP contribution in [0.15, 0.2) is 18.2 Å². The van der Waals surface area contributed by atoms with Crippen molar-refractivity contribution < 1.29 is 9.13 Å². The van der Waals surface area contributed by atoms with Crippen LogP contribution in [0, 0.1) is 12.7 Å². The van der Waals surface area contributed by atoms with E-state index in [9.17, 15) is 4.39 Å². The molecule has 0 amide bonds. The fourth-order valence-corrected chi connectivity index (χ4v) is 2.96. The maximum Gasteiger partial charge on any atom is 0.123 e. The number of methoxy groups -OCH3 is 1. The van der Waals surface area contributed by atoms with Crippen molar-refractivity contribution in [3.63, 3.8) is 0 Å². The van der Waals surface area contributed by atoms with Crippen LogP contribution in [0.5, 0.6) is 0 Å². The van der Waals surface area contributed by atoms with Gasteiger partial charge in [0.05, 0.1) is 6.61 Å². The van der Waals surface area contributed by atoms with E-state index < -0.39 is 0 Å². The maximum absolute atomic E-state index is 13.6. The highest BCUT2D eigenvalue weighted by molar-refractivity contribution is 5.30. The topological polar surface area (TPSA) is 38.5 Å². The Morgan fingerprint density at radius 2 is 1.95 bits per heavy atom. The standard InChI is InChI=1S/C17H29FN2O/c1-5-15(6-2)20(9-10-21-4)17(12-19)16-11-14(18)8-7-13(16)3/h7-8,11,15,17H,5-6,9-10,12,19H2,1-4H3. The Bertz CT molecular complexity index is 421. The van der Waals surface area contributed by atoms with Crippen molar-refractivity contribution in [2.24, 2.45) is 5.73 Å². The van der Waals surface area contributed by atoms with Crippen molar-refractivity contribution in [1.82, 2.24) is 4.90 Å². The zero-order chi connectivity index (χ0) is 15.8. The second kappa shape index (κ2) is 9.13. The lowest BCUT2D eigenvalue weighted by atomic mass is 9.97. The first-order valence-electron chi connectivity index (χ1n) is 7.79.